The summed E-state index contributed by atoms with van der Waals surface area (Å²) in [5, 5.41) is 7.80. The van der Waals surface area contributed by atoms with E-state index in [0.717, 1.165) is 35.2 Å². The molecule has 2 atom stereocenters. The molecule has 2 rings (SSSR count). The van der Waals surface area contributed by atoms with E-state index < -0.39 is 0 Å². The zero-order chi connectivity index (χ0) is 15.2. The molecule has 2 unspecified atom stereocenters. The molecule has 1 aliphatic carbocycles. The van der Waals surface area contributed by atoms with Gasteiger partial charge in [0.15, 0.2) is 5.16 Å². The van der Waals surface area contributed by atoms with Crippen molar-refractivity contribution in [2.45, 2.75) is 57.7 Å². The molecule has 1 aromatic rings. The highest BCUT2D eigenvalue weighted by atomic mass is 32.2. The molecule has 0 radical (unpaired) electrons. The summed E-state index contributed by atoms with van der Waals surface area (Å²) in [5.41, 5.74) is 0. The summed E-state index contributed by atoms with van der Waals surface area (Å²) in [4.78, 5) is 9.11. The van der Waals surface area contributed by atoms with Gasteiger partial charge in [0.05, 0.1) is 0 Å². The fourth-order valence-corrected chi connectivity index (χ4v) is 3.57. The van der Waals surface area contributed by atoms with Gasteiger partial charge in [-0.3, -0.25) is 0 Å². The number of nitrogens with zero attached hydrogens (tertiary/aromatic N) is 2. The molecule has 1 heterocycles. The molecule has 0 spiro atoms. The summed E-state index contributed by atoms with van der Waals surface area (Å²) in [6.45, 7) is 7.64. The van der Waals surface area contributed by atoms with Gasteiger partial charge < -0.3 is 10.6 Å². The molecule has 0 amide bonds. The summed E-state index contributed by atoms with van der Waals surface area (Å²) in [7, 11) is 0. The van der Waals surface area contributed by atoms with Gasteiger partial charge in [0, 0.05) is 18.7 Å². The van der Waals surface area contributed by atoms with E-state index in [2.05, 4.69) is 41.4 Å². The summed E-state index contributed by atoms with van der Waals surface area (Å²) >= 11 is 1.59. The average Bonchev–Trinajstić information content (AvgIpc) is 2.47. The molecule has 1 fully saturated rings. The van der Waals surface area contributed by atoms with Crippen LogP contribution in [0.3, 0.4) is 0 Å². The Hall–Kier alpha value is -0.970. The smallest absolute Gasteiger partial charge is 0.191 e. The monoisotopic (exact) mass is 308 g/mol. The standard InChI is InChI=1S/C16H28N4S/c1-5-17-14-10-15(20-16(19-14)21-4)18-13-9-7-6-8-12(13)11(2)3/h10-13H,5-9H2,1-4H3,(H2,17,18,19,20). The van der Waals surface area contributed by atoms with Crippen LogP contribution < -0.4 is 10.6 Å². The van der Waals surface area contributed by atoms with Gasteiger partial charge in [-0.05, 0) is 37.9 Å². The van der Waals surface area contributed by atoms with Gasteiger partial charge in [0.2, 0.25) is 0 Å². The number of anilines is 2. The molecular formula is C16H28N4S. The highest BCUT2D eigenvalue weighted by molar-refractivity contribution is 7.98. The van der Waals surface area contributed by atoms with E-state index in [-0.39, 0.29) is 0 Å². The second-order valence-corrected chi connectivity index (χ2v) is 6.87. The van der Waals surface area contributed by atoms with Crippen LogP contribution in [0.25, 0.3) is 0 Å². The van der Waals surface area contributed by atoms with Crippen molar-refractivity contribution >= 4 is 23.4 Å². The lowest BCUT2D eigenvalue weighted by atomic mass is 9.78. The van der Waals surface area contributed by atoms with Crippen molar-refractivity contribution in [2.75, 3.05) is 23.4 Å². The number of nitrogens with one attached hydrogen (secondary N) is 2. The van der Waals surface area contributed by atoms with E-state index in [4.69, 9.17) is 0 Å². The Bertz CT molecular complexity index is 450. The van der Waals surface area contributed by atoms with Gasteiger partial charge >= 0.3 is 0 Å². The van der Waals surface area contributed by atoms with Crippen molar-refractivity contribution in [3.05, 3.63) is 6.07 Å². The van der Waals surface area contributed by atoms with Crippen molar-refractivity contribution < 1.29 is 0 Å². The maximum atomic E-state index is 4.62. The second-order valence-electron chi connectivity index (χ2n) is 6.10. The molecule has 21 heavy (non-hydrogen) atoms. The van der Waals surface area contributed by atoms with Crippen LogP contribution in [-0.2, 0) is 0 Å². The van der Waals surface area contributed by atoms with Gasteiger partial charge in [-0.25, -0.2) is 9.97 Å². The molecule has 1 aromatic heterocycles. The zero-order valence-corrected chi connectivity index (χ0v) is 14.5. The van der Waals surface area contributed by atoms with Crippen LogP contribution in [0, 0.1) is 11.8 Å². The quantitative estimate of drug-likeness (QED) is 0.607. The largest absolute Gasteiger partial charge is 0.370 e. The maximum Gasteiger partial charge on any atom is 0.191 e. The van der Waals surface area contributed by atoms with Crippen LogP contribution in [0.5, 0.6) is 0 Å². The van der Waals surface area contributed by atoms with Gasteiger partial charge in [-0.15, -0.1) is 0 Å². The normalized spacial score (nSPS) is 22.3. The van der Waals surface area contributed by atoms with Crippen LogP contribution in [0.15, 0.2) is 11.2 Å². The number of rotatable bonds is 6. The number of thioether (sulfide) groups is 1. The first-order valence-corrected chi connectivity index (χ1v) is 9.30. The molecule has 118 valence electrons. The Morgan fingerprint density at radius 2 is 1.95 bits per heavy atom. The van der Waals surface area contributed by atoms with Crippen molar-refractivity contribution in [1.29, 1.82) is 0 Å². The van der Waals surface area contributed by atoms with Crippen molar-refractivity contribution in [3.63, 3.8) is 0 Å². The van der Waals surface area contributed by atoms with Crippen LogP contribution in [0.1, 0.15) is 46.5 Å². The topological polar surface area (TPSA) is 49.8 Å². The lowest BCUT2D eigenvalue weighted by molar-refractivity contribution is 0.253. The molecule has 0 saturated heterocycles. The number of aromatic nitrogens is 2. The molecule has 0 aromatic carbocycles. The minimum atomic E-state index is 0.540. The van der Waals surface area contributed by atoms with E-state index in [1.54, 1.807) is 11.8 Å². The van der Waals surface area contributed by atoms with E-state index in [1.165, 1.54) is 25.7 Å². The predicted octanol–water partition coefficient (Wildman–Crippen LogP) is 4.26. The van der Waals surface area contributed by atoms with Crippen molar-refractivity contribution in [2.24, 2.45) is 11.8 Å². The zero-order valence-electron chi connectivity index (χ0n) is 13.6. The van der Waals surface area contributed by atoms with E-state index in [0.29, 0.717) is 6.04 Å². The van der Waals surface area contributed by atoms with Crippen LogP contribution in [-0.4, -0.2) is 28.8 Å². The minimum Gasteiger partial charge on any atom is -0.370 e. The first-order chi connectivity index (χ1) is 10.1. The number of hydrogen-bond acceptors (Lipinski definition) is 5. The Balaban J connectivity index is 2.14. The van der Waals surface area contributed by atoms with Gasteiger partial charge in [0.25, 0.3) is 0 Å². The predicted molar refractivity (Wildman–Crippen MR) is 92.2 cm³/mol. The minimum absolute atomic E-state index is 0.540. The highest BCUT2D eigenvalue weighted by Gasteiger charge is 2.27. The highest BCUT2D eigenvalue weighted by Crippen LogP contribution is 2.32. The Morgan fingerprint density at radius 1 is 1.24 bits per heavy atom. The van der Waals surface area contributed by atoms with Crippen molar-refractivity contribution in [3.8, 4) is 0 Å². The molecule has 2 N–H and O–H groups in total. The average molecular weight is 308 g/mol. The molecule has 5 heteroatoms. The lowest BCUT2D eigenvalue weighted by Gasteiger charge is -2.35. The summed E-state index contributed by atoms with van der Waals surface area (Å²) in [6.07, 6.45) is 7.28. The van der Waals surface area contributed by atoms with Gasteiger partial charge in [-0.2, -0.15) is 0 Å². The van der Waals surface area contributed by atoms with Crippen LogP contribution in [0.4, 0.5) is 11.6 Å². The number of hydrogen-bond donors (Lipinski definition) is 2. The van der Waals surface area contributed by atoms with E-state index >= 15 is 0 Å². The third-order valence-electron chi connectivity index (χ3n) is 4.26. The van der Waals surface area contributed by atoms with Gasteiger partial charge in [-0.1, -0.05) is 38.5 Å². The summed E-state index contributed by atoms with van der Waals surface area (Å²) in [6, 6.07) is 2.58. The van der Waals surface area contributed by atoms with Crippen LogP contribution in [0.2, 0.25) is 0 Å². The summed E-state index contributed by atoms with van der Waals surface area (Å²) < 4.78 is 0. The lowest BCUT2D eigenvalue weighted by Crippen LogP contribution is -2.35. The Labute approximate surface area is 132 Å². The van der Waals surface area contributed by atoms with Crippen LogP contribution >= 0.6 is 11.8 Å². The first-order valence-electron chi connectivity index (χ1n) is 8.07. The SMILES string of the molecule is CCNc1cc(NC2CCCCC2C(C)C)nc(SC)n1. The second kappa shape index (κ2) is 7.87. The maximum absolute atomic E-state index is 4.62. The third kappa shape index (κ3) is 4.50. The molecule has 1 aliphatic rings. The molecule has 0 bridgehead atoms. The van der Waals surface area contributed by atoms with Crippen molar-refractivity contribution in [1.82, 2.24) is 9.97 Å². The summed E-state index contributed by atoms with van der Waals surface area (Å²) in [5.74, 6) is 3.34. The molecular weight excluding hydrogens is 280 g/mol. The Morgan fingerprint density at radius 3 is 2.62 bits per heavy atom. The third-order valence-corrected chi connectivity index (χ3v) is 4.80. The van der Waals surface area contributed by atoms with E-state index in [1.807, 2.05) is 12.3 Å². The van der Waals surface area contributed by atoms with Gasteiger partial charge in [0.1, 0.15) is 11.6 Å². The molecule has 0 aliphatic heterocycles. The Kier molecular flexibility index (Phi) is 6.15. The first kappa shape index (κ1) is 16.4. The fourth-order valence-electron chi connectivity index (χ4n) is 3.19. The molecule has 4 nitrogen and oxygen atoms in total. The molecule has 1 saturated carbocycles. The van der Waals surface area contributed by atoms with E-state index in [9.17, 15) is 0 Å². The fraction of sp³-hybridized carbons (Fsp3) is 0.750.